The van der Waals surface area contributed by atoms with Gasteiger partial charge in [0, 0.05) is 6.07 Å². The summed E-state index contributed by atoms with van der Waals surface area (Å²) in [6, 6.07) is 8.79. The maximum absolute atomic E-state index is 12.1. The van der Waals surface area contributed by atoms with Gasteiger partial charge in [0.2, 0.25) is 0 Å². The van der Waals surface area contributed by atoms with E-state index in [2.05, 4.69) is 0 Å². The number of epoxide rings is 2. The van der Waals surface area contributed by atoms with Crippen molar-refractivity contribution < 1.29 is 13.9 Å². The maximum atomic E-state index is 12.1. The predicted molar refractivity (Wildman–Crippen MR) is 69.0 cm³/mol. The molecule has 0 saturated carbocycles. The van der Waals surface area contributed by atoms with Crippen molar-refractivity contribution in [2.45, 2.75) is 37.8 Å². The second-order valence-electron chi connectivity index (χ2n) is 5.42. The number of rotatable bonds is 2. The molecule has 4 heteroatoms. The van der Waals surface area contributed by atoms with Crippen molar-refractivity contribution in [2.75, 3.05) is 0 Å². The summed E-state index contributed by atoms with van der Waals surface area (Å²) in [5.41, 5.74) is 0.0425. The lowest BCUT2D eigenvalue weighted by Crippen LogP contribution is -2.15. The molecular weight excluding hydrogens is 244 g/mol. The highest BCUT2D eigenvalue weighted by molar-refractivity contribution is 5.76. The Bertz CT molecular complexity index is 719. The Morgan fingerprint density at radius 2 is 2.00 bits per heavy atom. The van der Waals surface area contributed by atoms with Gasteiger partial charge in [-0.1, -0.05) is 12.1 Å². The van der Waals surface area contributed by atoms with E-state index in [9.17, 15) is 4.79 Å². The highest BCUT2D eigenvalue weighted by atomic mass is 16.7. The number of hydrogen-bond donors (Lipinski definition) is 0. The standard InChI is InChI=1S/C15H14O4/c1-8-13(17-8)14-15(2,19-14)12-7-10(16)9-5-3-4-6-11(9)18-12/h3-8,13-14H,1-2H3. The van der Waals surface area contributed by atoms with E-state index in [1.165, 1.54) is 6.07 Å². The molecule has 98 valence electrons. The monoisotopic (exact) mass is 258 g/mol. The minimum absolute atomic E-state index is 0.00758. The fraction of sp³-hybridized carbons (Fsp3) is 0.400. The van der Waals surface area contributed by atoms with E-state index in [1.807, 2.05) is 26.0 Å². The van der Waals surface area contributed by atoms with Crippen molar-refractivity contribution in [3.05, 3.63) is 46.3 Å². The molecule has 3 heterocycles. The first kappa shape index (κ1) is 11.2. The first-order valence-electron chi connectivity index (χ1n) is 6.46. The van der Waals surface area contributed by atoms with Crippen molar-refractivity contribution in [1.29, 1.82) is 0 Å². The van der Waals surface area contributed by atoms with Crippen molar-refractivity contribution in [2.24, 2.45) is 0 Å². The van der Waals surface area contributed by atoms with Crippen molar-refractivity contribution in [3.63, 3.8) is 0 Å². The molecule has 4 atom stereocenters. The van der Waals surface area contributed by atoms with Crippen LogP contribution in [0.3, 0.4) is 0 Å². The lowest BCUT2D eigenvalue weighted by molar-refractivity contribution is 0.267. The number of benzene rings is 1. The Balaban J connectivity index is 1.78. The highest BCUT2D eigenvalue weighted by Gasteiger charge is 2.65. The van der Waals surface area contributed by atoms with Crippen LogP contribution < -0.4 is 5.43 Å². The van der Waals surface area contributed by atoms with E-state index >= 15 is 0 Å². The van der Waals surface area contributed by atoms with Crippen LogP contribution >= 0.6 is 0 Å². The van der Waals surface area contributed by atoms with Gasteiger partial charge in [0.1, 0.15) is 23.6 Å². The first-order chi connectivity index (χ1) is 9.09. The zero-order valence-electron chi connectivity index (χ0n) is 10.8. The van der Waals surface area contributed by atoms with Gasteiger partial charge in [-0.15, -0.1) is 0 Å². The van der Waals surface area contributed by atoms with Crippen LogP contribution in [0.5, 0.6) is 0 Å². The average molecular weight is 258 g/mol. The normalized spacial score (nSPS) is 36.4. The quantitative estimate of drug-likeness (QED) is 0.775. The zero-order chi connectivity index (χ0) is 13.2. The fourth-order valence-corrected chi connectivity index (χ4v) is 2.68. The molecule has 1 aromatic carbocycles. The molecule has 2 aliphatic heterocycles. The van der Waals surface area contributed by atoms with Gasteiger partial charge in [-0.3, -0.25) is 4.79 Å². The molecular formula is C15H14O4. The van der Waals surface area contributed by atoms with Gasteiger partial charge in [0.25, 0.3) is 0 Å². The molecule has 2 fully saturated rings. The SMILES string of the molecule is CC1OC1C1OC1(C)c1cc(=O)c2ccccc2o1. The first-order valence-corrected chi connectivity index (χ1v) is 6.46. The molecule has 1 aromatic heterocycles. The number of para-hydroxylation sites is 1. The summed E-state index contributed by atoms with van der Waals surface area (Å²) in [5, 5.41) is 0.600. The van der Waals surface area contributed by atoms with Gasteiger partial charge in [0.15, 0.2) is 11.0 Å². The van der Waals surface area contributed by atoms with Crippen LogP contribution in [-0.4, -0.2) is 18.3 Å². The second kappa shape index (κ2) is 3.46. The van der Waals surface area contributed by atoms with Crippen LogP contribution in [-0.2, 0) is 15.1 Å². The van der Waals surface area contributed by atoms with E-state index in [0.29, 0.717) is 16.7 Å². The summed E-state index contributed by atoms with van der Waals surface area (Å²) in [6.45, 7) is 3.96. The Morgan fingerprint density at radius 1 is 1.26 bits per heavy atom. The summed E-state index contributed by atoms with van der Waals surface area (Å²) < 4.78 is 17.0. The minimum atomic E-state index is -0.529. The number of fused-ring (bicyclic) bond motifs is 1. The van der Waals surface area contributed by atoms with Gasteiger partial charge in [-0.2, -0.15) is 0 Å². The fourth-order valence-electron chi connectivity index (χ4n) is 2.68. The largest absolute Gasteiger partial charge is 0.458 e. The lowest BCUT2D eigenvalue weighted by atomic mass is 10.0. The molecule has 0 aliphatic carbocycles. The average Bonchev–Trinajstić information content (AvgIpc) is 3.28. The second-order valence-corrected chi connectivity index (χ2v) is 5.42. The molecule has 0 spiro atoms. The molecule has 4 nitrogen and oxygen atoms in total. The molecule has 19 heavy (non-hydrogen) atoms. The molecule has 0 radical (unpaired) electrons. The third-order valence-electron chi connectivity index (χ3n) is 4.04. The molecule has 4 unspecified atom stereocenters. The Morgan fingerprint density at radius 3 is 2.74 bits per heavy atom. The highest BCUT2D eigenvalue weighted by Crippen LogP contribution is 2.52. The zero-order valence-corrected chi connectivity index (χ0v) is 10.8. The molecule has 0 amide bonds. The topological polar surface area (TPSA) is 55.3 Å². The van der Waals surface area contributed by atoms with Crippen LogP contribution in [0, 0.1) is 0 Å². The van der Waals surface area contributed by atoms with Crippen molar-refractivity contribution in [3.8, 4) is 0 Å². The summed E-state index contributed by atoms with van der Waals surface area (Å²) in [5.74, 6) is 0.587. The molecule has 2 aromatic rings. The van der Waals surface area contributed by atoms with Crippen LogP contribution in [0.2, 0.25) is 0 Å². The van der Waals surface area contributed by atoms with Gasteiger partial charge in [0.05, 0.1) is 11.5 Å². The van der Waals surface area contributed by atoms with Crippen molar-refractivity contribution >= 4 is 11.0 Å². The molecule has 0 N–H and O–H groups in total. The number of ether oxygens (including phenoxy) is 2. The van der Waals surface area contributed by atoms with Crippen LogP contribution in [0.4, 0.5) is 0 Å². The van der Waals surface area contributed by atoms with Gasteiger partial charge < -0.3 is 13.9 Å². The number of hydrogen-bond acceptors (Lipinski definition) is 4. The van der Waals surface area contributed by atoms with Crippen molar-refractivity contribution in [1.82, 2.24) is 0 Å². The Hall–Kier alpha value is -1.65. The van der Waals surface area contributed by atoms with Gasteiger partial charge >= 0.3 is 0 Å². The summed E-state index contributed by atoms with van der Waals surface area (Å²) in [4.78, 5) is 12.1. The lowest BCUT2D eigenvalue weighted by Gasteiger charge is -2.06. The summed E-state index contributed by atoms with van der Waals surface area (Å²) >= 11 is 0. The molecule has 4 rings (SSSR count). The van der Waals surface area contributed by atoms with E-state index in [1.54, 1.807) is 12.1 Å². The Kier molecular flexibility index (Phi) is 2.04. The predicted octanol–water partition coefficient (Wildman–Crippen LogP) is 2.19. The Labute approximate surface area is 109 Å². The summed E-state index contributed by atoms with van der Waals surface area (Å²) in [7, 11) is 0. The van der Waals surface area contributed by atoms with Gasteiger partial charge in [-0.25, -0.2) is 0 Å². The van der Waals surface area contributed by atoms with E-state index in [0.717, 1.165) is 0 Å². The van der Waals surface area contributed by atoms with Crippen LogP contribution in [0.1, 0.15) is 19.6 Å². The van der Waals surface area contributed by atoms with Crippen LogP contribution in [0.25, 0.3) is 11.0 Å². The third-order valence-corrected chi connectivity index (χ3v) is 4.04. The van der Waals surface area contributed by atoms with E-state index in [-0.39, 0.29) is 23.7 Å². The van der Waals surface area contributed by atoms with E-state index in [4.69, 9.17) is 13.9 Å². The molecule has 2 saturated heterocycles. The van der Waals surface area contributed by atoms with Gasteiger partial charge in [-0.05, 0) is 26.0 Å². The molecule has 2 aliphatic rings. The van der Waals surface area contributed by atoms with E-state index < -0.39 is 5.60 Å². The molecule has 0 bridgehead atoms. The third kappa shape index (κ3) is 1.57. The minimum Gasteiger partial charge on any atom is -0.458 e. The van der Waals surface area contributed by atoms with Crippen LogP contribution in [0.15, 0.2) is 39.5 Å². The summed E-state index contributed by atoms with van der Waals surface area (Å²) in [6.07, 6.45) is 0.354. The maximum Gasteiger partial charge on any atom is 0.193 e. The smallest absolute Gasteiger partial charge is 0.193 e.